The maximum Gasteiger partial charge on any atom is 0.226 e. The standard InChI is InChI=1S/C18H27N3O2/c1-13(2)18(23)21-16-5-3-4-15(12-16)20-17(22)7-6-14-8-10-19-11-9-14/h3-5,12-14,19H,6-11H2,1-2H3,(H,20,22)(H,21,23). The fraction of sp³-hybridized carbons (Fsp3) is 0.556. The summed E-state index contributed by atoms with van der Waals surface area (Å²) in [5.74, 6) is 0.590. The van der Waals surface area contributed by atoms with E-state index in [9.17, 15) is 9.59 Å². The summed E-state index contributed by atoms with van der Waals surface area (Å²) in [5.41, 5.74) is 1.43. The second-order valence-corrected chi connectivity index (χ2v) is 6.50. The van der Waals surface area contributed by atoms with Gasteiger partial charge in [-0.1, -0.05) is 19.9 Å². The molecule has 5 nitrogen and oxygen atoms in total. The first kappa shape index (κ1) is 17.5. The average Bonchev–Trinajstić information content (AvgIpc) is 2.54. The van der Waals surface area contributed by atoms with Crippen molar-refractivity contribution in [2.24, 2.45) is 11.8 Å². The maximum atomic E-state index is 12.1. The Morgan fingerprint density at radius 3 is 2.48 bits per heavy atom. The number of benzene rings is 1. The van der Waals surface area contributed by atoms with Crippen LogP contribution in [0.5, 0.6) is 0 Å². The summed E-state index contributed by atoms with van der Waals surface area (Å²) >= 11 is 0. The first-order valence-corrected chi connectivity index (χ1v) is 8.46. The fourth-order valence-corrected chi connectivity index (χ4v) is 2.69. The van der Waals surface area contributed by atoms with E-state index in [-0.39, 0.29) is 17.7 Å². The Morgan fingerprint density at radius 1 is 1.17 bits per heavy atom. The predicted molar refractivity (Wildman–Crippen MR) is 93.4 cm³/mol. The molecule has 1 saturated heterocycles. The summed E-state index contributed by atoms with van der Waals surface area (Å²) in [5, 5.41) is 9.10. The molecule has 0 aliphatic carbocycles. The lowest BCUT2D eigenvalue weighted by atomic mass is 9.93. The average molecular weight is 317 g/mol. The van der Waals surface area contributed by atoms with Crippen molar-refractivity contribution in [3.05, 3.63) is 24.3 Å². The molecular formula is C18H27N3O2. The summed E-state index contributed by atoms with van der Waals surface area (Å²) in [6.45, 7) is 5.82. The first-order valence-electron chi connectivity index (χ1n) is 8.46. The van der Waals surface area contributed by atoms with Crippen LogP contribution in [-0.2, 0) is 9.59 Å². The Morgan fingerprint density at radius 2 is 1.83 bits per heavy atom. The lowest BCUT2D eigenvalue weighted by molar-refractivity contribution is -0.119. The van der Waals surface area contributed by atoms with Gasteiger partial charge in [0.1, 0.15) is 0 Å². The minimum Gasteiger partial charge on any atom is -0.326 e. The van der Waals surface area contributed by atoms with Gasteiger partial charge in [0.05, 0.1) is 0 Å². The molecule has 1 aliphatic rings. The van der Waals surface area contributed by atoms with Crippen LogP contribution >= 0.6 is 0 Å². The van der Waals surface area contributed by atoms with Crippen LogP contribution in [0.3, 0.4) is 0 Å². The first-order chi connectivity index (χ1) is 11.0. The Balaban J connectivity index is 1.82. The quantitative estimate of drug-likeness (QED) is 0.755. The van der Waals surface area contributed by atoms with E-state index in [4.69, 9.17) is 0 Å². The van der Waals surface area contributed by atoms with E-state index in [0.29, 0.717) is 18.0 Å². The number of hydrogen-bond acceptors (Lipinski definition) is 3. The van der Waals surface area contributed by atoms with Crippen LogP contribution in [0, 0.1) is 11.8 Å². The van der Waals surface area contributed by atoms with Gasteiger partial charge in [-0.15, -0.1) is 0 Å². The Hall–Kier alpha value is -1.88. The minimum atomic E-state index is -0.0711. The van der Waals surface area contributed by atoms with Crippen molar-refractivity contribution in [1.82, 2.24) is 5.32 Å². The van der Waals surface area contributed by atoms with E-state index in [2.05, 4.69) is 16.0 Å². The number of rotatable bonds is 6. The SMILES string of the molecule is CC(C)C(=O)Nc1cccc(NC(=O)CCC2CCNCC2)c1. The molecule has 0 aromatic heterocycles. The third-order valence-electron chi connectivity index (χ3n) is 4.18. The minimum absolute atomic E-state index is 0.0283. The van der Waals surface area contributed by atoms with Crippen LogP contribution < -0.4 is 16.0 Å². The second kappa shape index (κ2) is 8.67. The number of nitrogens with one attached hydrogen (secondary N) is 3. The van der Waals surface area contributed by atoms with Gasteiger partial charge in [-0.05, 0) is 56.5 Å². The lowest BCUT2D eigenvalue weighted by Gasteiger charge is -2.22. The highest BCUT2D eigenvalue weighted by atomic mass is 16.2. The maximum absolute atomic E-state index is 12.1. The van der Waals surface area contributed by atoms with Crippen molar-refractivity contribution < 1.29 is 9.59 Å². The number of anilines is 2. The highest BCUT2D eigenvalue weighted by Gasteiger charge is 2.14. The smallest absolute Gasteiger partial charge is 0.226 e. The molecule has 2 rings (SSSR count). The van der Waals surface area contributed by atoms with Crippen LogP contribution in [0.1, 0.15) is 39.5 Å². The van der Waals surface area contributed by atoms with Crippen LogP contribution in [0.2, 0.25) is 0 Å². The van der Waals surface area contributed by atoms with Crippen molar-refractivity contribution in [2.75, 3.05) is 23.7 Å². The Labute approximate surface area is 138 Å². The van der Waals surface area contributed by atoms with E-state index in [1.54, 1.807) is 6.07 Å². The molecular weight excluding hydrogens is 290 g/mol. The zero-order chi connectivity index (χ0) is 16.7. The van der Waals surface area contributed by atoms with Crippen molar-refractivity contribution in [3.8, 4) is 0 Å². The summed E-state index contributed by atoms with van der Waals surface area (Å²) in [7, 11) is 0. The van der Waals surface area contributed by atoms with Gasteiger partial charge < -0.3 is 16.0 Å². The number of piperidine rings is 1. The molecule has 0 spiro atoms. The molecule has 5 heteroatoms. The molecule has 1 aromatic rings. The molecule has 0 bridgehead atoms. The normalized spacial score (nSPS) is 15.4. The molecule has 1 heterocycles. The summed E-state index contributed by atoms with van der Waals surface area (Å²) in [6.07, 6.45) is 3.80. The molecule has 1 fully saturated rings. The van der Waals surface area contributed by atoms with E-state index in [1.807, 2.05) is 32.0 Å². The lowest BCUT2D eigenvalue weighted by Crippen LogP contribution is -2.28. The van der Waals surface area contributed by atoms with Crippen LogP contribution in [0.15, 0.2) is 24.3 Å². The van der Waals surface area contributed by atoms with Gasteiger partial charge in [-0.25, -0.2) is 0 Å². The number of carbonyl (C=O) groups is 2. The molecule has 0 radical (unpaired) electrons. The van der Waals surface area contributed by atoms with Crippen LogP contribution in [-0.4, -0.2) is 24.9 Å². The van der Waals surface area contributed by atoms with Gasteiger partial charge in [0.25, 0.3) is 0 Å². The summed E-state index contributed by atoms with van der Waals surface area (Å²) < 4.78 is 0. The largest absolute Gasteiger partial charge is 0.326 e. The van der Waals surface area contributed by atoms with Gasteiger partial charge >= 0.3 is 0 Å². The number of carbonyl (C=O) groups excluding carboxylic acids is 2. The molecule has 0 saturated carbocycles. The van der Waals surface area contributed by atoms with E-state index in [0.717, 1.165) is 38.0 Å². The van der Waals surface area contributed by atoms with Gasteiger partial charge in [0.15, 0.2) is 0 Å². The molecule has 3 N–H and O–H groups in total. The fourth-order valence-electron chi connectivity index (χ4n) is 2.69. The van der Waals surface area contributed by atoms with Crippen LogP contribution in [0.4, 0.5) is 11.4 Å². The van der Waals surface area contributed by atoms with Gasteiger partial charge in [-0.3, -0.25) is 9.59 Å². The second-order valence-electron chi connectivity index (χ2n) is 6.50. The molecule has 0 unspecified atom stereocenters. The molecule has 23 heavy (non-hydrogen) atoms. The zero-order valence-corrected chi connectivity index (χ0v) is 14.0. The van der Waals surface area contributed by atoms with Crippen LogP contribution in [0.25, 0.3) is 0 Å². The molecule has 1 aliphatic heterocycles. The monoisotopic (exact) mass is 317 g/mol. The van der Waals surface area contributed by atoms with E-state index < -0.39 is 0 Å². The predicted octanol–water partition coefficient (Wildman–Crippen LogP) is 3.00. The van der Waals surface area contributed by atoms with Gasteiger partial charge in [0, 0.05) is 23.7 Å². The third kappa shape index (κ3) is 6.02. The molecule has 0 atom stereocenters. The van der Waals surface area contributed by atoms with E-state index >= 15 is 0 Å². The van der Waals surface area contributed by atoms with Crippen molar-refractivity contribution >= 4 is 23.2 Å². The topological polar surface area (TPSA) is 70.2 Å². The van der Waals surface area contributed by atoms with Crippen molar-refractivity contribution in [2.45, 2.75) is 39.5 Å². The number of hydrogen-bond donors (Lipinski definition) is 3. The molecule has 2 amide bonds. The third-order valence-corrected chi connectivity index (χ3v) is 4.18. The highest BCUT2D eigenvalue weighted by molar-refractivity contribution is 5.94. The Bertz CT molecular complexity index is 537. The molecule has 1 aromatic carbocycles. The summed E-state index contributed by atoms with van der Waals surface area (Å²) in [4.78, 5) is 23.8. The van der Waals surface area contributed by atoms with Crippen molar-refractivity contribution in [1.29, 1.82) is 0 Å². The van der Waals surface area contributed by atoms with Gasteiger partial charge in [-0.2, -0.15) is 0 Å². The molecule has 126 valence electrons. The highest BCUT2D eigenvalue weighted by Crippen LogP contribution is 2.19. The number of amides is 2. The van der Waals surface area contributed by atoms with E-state index in [1.165, 1.54) is 0 Å². The zero-order valence-electron chi connectivity index (χ0n) is 14.0. The summed E-state index contributed by atoms with van der Waals surface area (Å²) in [6, 6.07) is 7.29. The van der Waals surface area contributed by atoms with Crippen molar-refractivity contribution in [3.63, 3.8) is 0 Å². The Kier molecular flexibility index (Phi) is 6.59. The van der Waals surface area contributed by atoms with Gasteiger partial charge in [0.2, 0.25) is 11.8 Å².